The van der Waals surface area contributed by atoms with Crippen LogP contribution in [0.4, 0.5) is 0 Å². The lowest BCUT2D eigenvalue weighted by atomic mass is 10.2. The van der Waals surface area contributed by atoms with E-state index < -0.39 is 11.8 Å². The first-order valence-corrected chi connectivity index (χ1v) is 4.42. The second-order valence-corrected chi connectivity index (χ2v) is 3.30. The molecular formula is C10H8N2O3. The van der Waals surface area contributed by atoms with E-state index in [1.165, 1.54) is 19.2 Å². The van der Waals surface area contributed by atoms with Crippen LogP contribution in [0.1, 0.15) is 27.8 Å². The van der Waals surface area contributed by atoms with Crippen LogP contribution in [0.3, 0.4) is 0 Å². The standard InChI is InChI=1S/C10H8N2O3/c1-6(13)5-12-9(14)7-3-2-4-11-8(7)10(12)15/h2-4H,5H2,1H3. The highest BCUT2D eigenvalue weighted by Gasteiger charge is 2.36. The second-order valence-electron chi connectivity index (χ2n) is 3.30. The molecule has 1 aromatic rings. The van der Waals surface area contributed by atoms with Crippen LogP contribution in [-0.2, 0) is 4.79 Å². The summed E-state index contributed by atoms with van der Waals surface area (Å²) in [6.07, 6.45) is 1.45. The van der Waals surface area contributed by atoms with E-state index in [0.717, 1.165) is 4.90 Å². The number of amides is 2. The zero-order chi connectivity index (χ0) is 11.0. The SMILES string of the molecule is CC(=O)CN1C(=O)c2cccnc2C1=O. The fourth-order valence-electron chi connectivity index (χ4n) is 1.48. The van der Waals surface area contributed by atoms with Gasteiger partial charge in [0.1, 0.15) is 11.5 Å². The molecule has 5 nitrogen and oxygen atoms in total. The van der Waals surface area contributed by atoms with E-state index in [2.05, 4.69) is 4.98 Å². The molecule has 0 atom stereocenters. The molecule has 0 aromatic carbocycles. The van der Waals surface area contributed by atoms with Crippen molar-refractivity contribution >= 4 is 17.6 Å². The maximum atomic E-state index is 11.7. The molecule has 0 fully saturated rings. The maximum absolute atomic E-state index is 11.7. The van der Waals surface area contributed by atoms with Gasteiger partial charge in [-0.1, -0.05) is 0 Å². The highest BCUT2D eigenvalue weighted by molar-refractivity contribution is 6.21. The van der Waals surface area contributed by atoms with Gasteiger partial charge in [0.05, 0.1) is 12.1 Å². The molecule has 15 heavy (non-hydrogen) atoms. The van der Waals surface area contributed by atoms with Crippen LogP contribution in [0.5, 0.6) is 0 Å². The third kappa shape index (κ3) is 1.41. The number of carbonyl (C=O) groups excluding carboxylic acids is 3. The van der Waals surface area contributed by atoms with E-state index in [1.807, 2.05) is 0 Å². The first-order chi connectivity index (χ1) is 7.11. The van der Waals surface area contributed by atoms with Crippen molar-refractivity contribution in [2.45, 2.75) is 6.92 Å². The summed E-state index contributed by atoms with van der Waals surface area (Å²) in [6.45, 7) is 1.14. The average Bonchev–Trinajstić information content (AvgIpc) is 2.44. The molecule has 0 unspecified atom stereocenters. The van der Waals surface area contributed by atoms with Crippen molar-refractivity contribution in [3.8, 4) is 0 Å². The van der Waals surface area contributed by atoms with E-state index >= 15 is 0 Å². The molecule has 76 valence electrons. The number of rotatable bonds is 2. The summed E-state index contributed by atoms with van der Waals surface area (Å²) in [5, 5.41) is 0. The predicted molar refractivity (Wildman–Crippen MR) is 50.3 cm³/mol. The van der Waals surface area contributed by atoms with Crippen LogP contribution < -0.4 is 0 Å². The lowest BCUT2D eigenvalue weighted by Crippen LogP contribution is -2.34. The van der Waals surface area contributed by atoms with E-state index in [-0.39, 0.29) is 23.6 Å². The Balaban J connectivity index is 2.41. The predicted octanol–water partition coefficient (Wildman–Crippen LogP) is 0.267. The Kier molecular flexibility index (Phi) is 2.07. The van der Waals surface area contributed by atoms with Crippen LogP contribution >= 0.6 is 0 Å². The Hall–Kier alpha value is -2.04. The molecule has 1 aliphatic heterocycles. The number of Topliss-reactive ketones (excluding diaryl/α,β-unsaturated/α-hetero) is 1. The number of ketones is 1. The van der Waals surface area contributed by atoms with Gasteiger partial charge < -0.3 is 0 Å². The van der Waals surface area contributed by atoms with E-state index in [0.29, 0.717) is 0 Å². The van der Waals surface area contributed by atoms with Crippen molar-refractivity contribution in [2.24, 2.45) is 0 Å². The van der Waals surface area contributed by atoms with E-state index in [4.69, 9.17) is 0 Å². The summed E-state index contributed by atoms with van der Waals surface area (Å²) in [4.78, 5) is 38.9. The number of aromatic nitrogens is 1. The second kappa shape index (κ2) is 3.27. The Morgan fingerprint density at radius 1 is 1.40 bits per heavy atom. The molecule has 0 aliphatic carbocycles. The molecule has 2 rings (SSSR count). The van der Waals surface area contributed by atoms with Gasteiger partial charge in [-0.05, 0) is 19.1 Å². The van der Waals surface area contributed by atoms with Gasteiger partial charge >= 0.3 is 0 Å². The summed E-state index contributed by atoms with van der Waals surface area (Å²) in [5.74, 6) is -1.17. The fraction of sp³-hybridized carbons (Fsp3) is 0.200. The normalized spacial score (nSPS) is 14.3. The van der Waals surface area contributed by atoms with Gasteiger partial charge in [-0.25, -0.2) is 0 Å². The van der Waals surface area contributed by atoms with E-state index in [1.54, 1.807) is 6.07 Å². The average molecular weight is 204 g/mol. The van der Waals surface area contributed by atoms with Crippen LogP contribution in [0.2, 0.25) is 0 Å². The summed E-state index contributed by atoms with van der Waals surface area (Å²) in [6, 6.07) is 3.12. The number of pyridine rings is 1. The van der Waals surface area contributed by atoms with Gasteiger partial charge in [0, 0.05) is 6.20 Å². The van der Waals surface area contributed by atoms with Gasteiger partial charge in [-0.3, -0.25) is 24.3 Å². The summed E-state index contributed by atoms with van der Waals surface area (Å²) in [7, 11) is 0. The number of carbonyl (C=O) groups is 3. The van der Waals surface area contributed by atoms with Crippen LogP contribution in [0, 0.1) is 0 Å². The first-order valence-electron chi connectivity index (χ1n) is 4.42. The van der Waals surface area contributed by atoms with Crippen LogP contribution in [0.25, 0.3) is 0 Å². The number of imide groups is 1. The number of hydrogen-bond acceptors (Lipinski definition) is 4. The fourth-order valence-corrected chi connectivity index (χ4v) is 1.48. The van der Waals surface area contributed by atoms with Crippen molar-refractivity contribution in [1.29, 1.82) is 0 Å². The van der Waals surface area contributed by atoms with Crippen LogP contribution in [0.15, 0.2) is 18.3 Å². The van der Waals surface area contributed by atoms with Gasteiger partial charge in [-0.15, -0.1) is 0 Å². The maximum Gasteiger partial charge on any atom is 0.280 e. The molecule has 0 saturated heterocycles. The largest absolute Gasteiger partial charge is 0.298 e. The van der Waals surface area contributed by atoms with Crippen LogP contribution in [-0.4, -0.2) is 34.0 Å². The Morgan fingerprint density at radius 2 is 2.13 bits per heavy atom. The molecule has 0 bridgehead atoms. The van der Waals surface area contributed by atoms with Gasteiger partial charge in [0.2, 0.25) is 0 Å². The lowest BCUT2D eigenvalue weighted by Gasteiger charge is -2.09. The summed E-state index contributed by atoms with van der Waals surface area (Å²) < 4.78 is 0. The third-order valence-electron chi connectivity index (χ3n) is 2.11. The monoisotopic (exact) mass is 204 g/mol. The minimum atomic E-state index is -0.495. The zero-order valence-corrected chi connectivity index (χ0v) is 8.06. The molecule has 0 spiro atoms. The summed E-state index contributed by atoms with van der Waals surface area (Å²) >= 11 is 0. The number of hydrogen-bond donors (Lipinski definition) is 0. The number of nitrogens with zero attached hydrogens (tertiary/aromatic N) is 2. The van der Waals surface area contributed by atoms with Crippen molar-refractivity contribution in [2.75, 3.05) is 6.54 Å². The Morgan fingerprint density at radius 3 is 2.73 bits per heavy atom. The Bertz CT molecular complexity index is 432. The highest BCUT2D eigenvalue weighted by Crippen LogP contribution is 2.19. The van der Waals surface area contributed by atoms with Crippen molar-refractivity contribution in [1.82, 2.24) is 9.88 Å². The molecule has 2 heterocycles. The van der Waals surface area contributed by atoms with Crippen molar-refractivity contribution < 1.29 is 14.4 Å². The smallest absolute Gasteiger partial charge is 0.280 e. The molecule has 0 N–H and O–H groups in total. The van der Waals surface area contributed by atoms with Gasteiger partial charge in [-0.2, -0.15) is 0 Å². The van der Waals surface area contributed by atoms with Gasteiger partial charge in [0.15, 0.2) is 0 Å². The number of fused-ring (bicyclic) bond motifs is 1. The molecule has 0 radical (unpaired) electrons. The topological polar surface area (TPSA) is 67.3 Å². The van der Waals surface area contributed by atoms with Crippen molar-refractivity contribution in [3.63, 3.8) is 0 Å². The minimum Gasteiger partial charge on any atom is -0.298 e. The lowest BCUT2D eigenvalue weighted by molar-refractivity contribution is -0.117. The van der Waals surface area contributed by atoms with Gasteiger partial charge in [0.25, 0.3) is 11.8 Å². The molecule has 1 aliphatic rings. The molecule has 5 heteroatoms. The third-order valence-corrected chi connectivity index (χ3v) is 2.11. The molecular weight excluding hydrogens is 196 g/mol. The summed E-state index contributed by atoms with van der Waals surface area (Å²) in [5.41, 5.74) is 0.396. The van der Waals surface area contributed by atoms with Crippen molar-refractivity contribution in [3.05, 3.63) is 29.6 Å². The molecule has 0 saturated carbocycles. The Labute approximate surface area is 85.7 Å². The molecule has 2 amide bonds. The highest BCUT2D eigenvalue weighted by atomic mass is 16.2. The zero-order valence-electron chi connectivity index (χ0n) is 8.06. The first kappa shape index (κ1) is 9.51. The minimum absolute atomic E-state index is 0.128. The molecule has 1 aromatic heterocycles. The van der Waals surface area contributed by atoms with E-state index in [9.17, 15) is 14.4 Å². The quantitative estimate of drug-likeness (QED) is 0.648.